The van der Waals surface area contributed by atoms with Crippen LogP contribution in [0.2, 0.25) is 0 Å². The minimum absolute atomic E-state index is 0.169. The van der Waals surface area contributed by atoms with E-state index in [1.807, 2.05) is 0 Å². The van der Waals surface area contributed by atoms with E-state index in [4.69, 9.17) is 14.6 Å². The number of hydrogen-bond donors (Lipinski definition) is 3. The van der Waals surface area contributed by atoms with Gasteiger partial charge in [-0.05, 0) is 51.0 Å². The number of carboxylic acids is 1. The Labute approximate surface area is 195 Å². The van der Waals surface area contributed by atoms with E-state index in [0.717, 1.165) is 4.90 Å². The molecule has 0 aromatic heterocycles. The van der Waals surface area contributed by atoms with E-state index >= 15 is 0 Å². The van der Waals surface area contributed by atoms with Gasteiger partial charge in [0.25, 0.3) is 0 Å². The lowest BCUT2D eigenvalue weighted by atomic mass is 10.0. The maximum Gasteiger partial charge on any atom is 0.408 e. The average Bonchev–Trinajstić information content (AvgIpc) is 2.69. The van der Waals surface area contributed by atoms with Gasteiger partial charge in [-0.1, -0.05) is 35.4 Å². The molecule has 9 nitrogen and oxygen atoms in total. The Hall–Kier alpha value is -2.40. The van der Waals surface area contributed by atoms with Crippen LogP contribution in [-0.4, -0.2) is 59.6 Å². The fourth-order valence-corrected chi connectivity index (χ4v) is 4.51. The zero-order valence-electron chi connectivity index (χ0n) is 19.0. The van der Waals surface area contributed by atoms with Crippen molar-refractivity contribution in [3.8, 4) is 0 Å². The van der Waals surface area contributed by atoms with E-state index in [1.165, 1.54) is 40.8 Å². The monoisotopic (exact) mass is 486 g/mol. The molecular weight excluding hydrogens is 456 g/mol. The van der Waals surface area contributed by atoms with Gasteiger partial charge >= 0.3 is 18.0 Å². The molecule has 0 spiro atoms. The number of carbonyl (C=O) groups is 4. The molecule has 11 heteroatoms. The van der Waals surface area contributed by atoms with Gasteiger partial charge in [0.2, 0.25) is 5.91 Å². The molecule has 1 aromatic carbocycles. The lowest BCUT2D eigenvalue weighted by molar-refractivity contribution is -0.146. The molecule has 0 fully saturated rings. The lowest BCUT2D eigenvalue weighted by Gasteiger charge is -2.25. The second-order valence-corrected chi connectivity index (χ2v) is 10.6. The van der Waals surface area contributed by atoms with Crippen molar-refractivity contribution >= 4 is 45.5 Å². The number of carbonyl (C=O) groups excluding carboxylic acids is 3. The van der Waals surface area contributed by atoms with E-state index < -0.39 is 41.6 Å². The number of rotatable bonds is 10. The Morgan fingerprint density at radius 1 is 1.06 bits per heavy atom. The van der Waals surface area contributed by atoms with Gasteiger partial charge in [-0.25, -0.2) is 14.4 Å². The molecule has 2 amide bonds. The minimum atomic E-state index is -1.02. The van der Waals surface area contributed by atoms with Gasteiger partial charge in [0.1, 0.15) is 17.7 Å². The molecule has 178 valence electrons. The SMILES string of the molecule is COC(=O)[C@@H](NC(=O)[C@H](CSSc1ccc(C(=O)O)cc1)NC(=O)OC(C)(C)C)C(C)C. The van der Waals surface area contributed by atoms with E-state index in [2.05, 4.69) is 10.6 Å². The highest BCUT2D eigenvalue weighted by molar-refractivity contribution is 8.76. The molecule has 0 heterocycles. The first-order chi connectivity index (χ1) is 14.8. The van der Waals surface area contributed by atoms with Crippen molar-refractivity contribution < 1.29 is 33.8 Å². The van der Waals surface area contributed by atoms with E-state index in [-0.39, 0.29) is 17.2 Å². The number of aromatic carboxylic acids is 1. The predicted octanol–water partition coefficient (Wildman–Crippen LogP) is 3.33. The van der Waals surface area contributed by atoms with Crippen molar-refractivity contribution in [2.75, 3.05) is 12.9 Å². The maximum atomic E-state index is 12.9. The summed E-state index contributed by atoms with van der Waals surface area (Å²) in [5.74, 6) is -2.19. The zero-order chi connectivity index (χ0) is 24.5. The molecule has 32 heavy (non-hydrogen) atoms. The van der Waals surface area contributed by atoms with Gasteiger partial charge in [0, 0.05) is 10.6 Å². The van der Waals surface area contributed by atoms with E-state index in [9.17, 15) is 19.2 Å². The largest absolute Gasteiger partial charge is 0.478 e. The van der Waals surface area contributed by atoms with Crippen LogP contribution in [0.4, 0.5) is 4.79 Å². The molecule has 0 aliphatic rings. The Kier molecular flexibility index (Phi) is 10.9. The Balaban J connectivity index is 2.86. The Bertz CT molecular complexity index is 807. The average molecular weight is 487 g/mol. The maximum absolute atomic E-state index is 12.9. The van der Waals surface area contributed by atoms with Crippen molar-refractivity contribution in [2.45, 2.75) is 57.2 Å². The molecular formula is C21H30N2O7S2. The fraction of sp³-hybridized carbons (Fsp3) is 0.524. The standard InChI is InChI=1S/C21H30N2O7S2/c1-12(2)16(19(27)29-6)23-17(24)15(22-20(28)30-21(3,4)5)11-31-32-14-9-7-13(8-10-14)18(25)26/h7-10,12,15-16H,11H2,1-6H3,(H,22,28)(H,23,24)(H,25,26)/t15-,16-/m0/s1. The molecule has 0 bridgehead atoms. The van der Waals surface area contributed by atoms with Gasteiger partial charge < -0.3 is 25.2 Å². The normalized spacial score (nSPS) is 13.1. The number of methoxy groups -OCH3 is 1. The Morgan fingerprint density at radius 2 is 1.66 bits per heavy atom. The first-order valence-electron chi connectivity index (χ1n) is 9.84. The van der Waals surface area contributed by atoms with Crippen LogP contribution >= 0.6 is 21.6 Å². The van der Waals surface area contributed by atoms with Crippen molar-refractivity contribution in [3.05, 3.63) is 29.8 Å². The van der Waals surface area contributed by atoms with Gasteiger partial charge in [-0.2, -0.15) is 0 Å². The fourth-order valence-electron chi connectivity index (χ4n) is 2.33. The summed E-state index contributed by atoms with van der Waals surface area (Å²) in [4.78, 5) is 48.8. The van der Waals surface area contributed by atoms with E-state index in [1.54, 1.807) is 46.8 Å². The summed E-state index contributed by atoms with van der Waals surface area (Å²) in [5, 5.41) is 14.2. The summed E-state index contributed by atoms with van der Waals surface area (Å²) < 4.78 is 10.00. The van der Waals surface area contributed by atoms with Gasteiger partial charge in [-0.15, -0.1) is 0 Å². The highest BCUT2D eigenvalue weighted by Crippen LogP contribution is 2.31. The summed E-state index contributed by atoms with van der Waals surface area (Å²) in [7, 11) is 3.85. The van der Waals surface area contributed by atoms with Crippen LogP contribution in [0.1, 0.15) is 45.0 Å². The van der Waals surface area contributed by atoms with Crippen LogP contribution < -0.4 is 10.6 Å². The van der Waals surface area contributed by atoms with E-state index in [0.29, 0.717) is 0 Å². The predicted molar refractivity (Wildman–Crippen MR) is 124 cm³/mol. The molecule has 0 saturated heterocycles. The van der Waals surface area contributed by atoms with Crippen molar-refractivity contribution in [2.24, 2.45) is 5.92 Å². The smallest absolute Gasteiger partial charge is 0.408 e. The number of carboxylic acid groups (broad SMARTS) is 1. The molecule has 1 aromatic rings. The van der Waals surface area contributed by atoms with Crippen molar-refractivity contribution in [3.63, 3.8) is 0 Å². The first kappa shape index (κ1) is 27.6. The van der Waals surface area contributed by atoms with Crippen molar-refractivity contribution in [1.29, 1.82) is 0 Å². The number of hydrogen-bond acceptors (Lipinski definition) is 8. The summed E-state index contributed by atoms with van der Waals surface area (Å²) in [6, 6.07) is 4.44. The summed E-state index contributed by atoms with van der Waals surface area (Å²) >= 11 is 0. The molecule has 0 unspecified atom stereocenters. The molecule has 0 aliphatic carbocycles. The molecule has 0 radical (unpaired) electrons. The minimum Gasteiger partial charge on any atom is -0.478 e. The second-order valence-electron chi connectivity index (χ2n) is 8.15. The van der Waals surface area contributed by atoms with Crippen LogP contribution in [0.15, 0.2) is 29.2 Å². The third-order valence-corrected chi connectivity index (χ3v) is 6.31. The number of benzene rings is 1. The van der Waals surface area contributed by atoms with Gasteiger partial charge in [0.15, 0.2) is 0 Å². The van der Waals surface area contributed by atoms with Crippen LogP contribution in [0.3, 0.4) is 0 Å². The summed E-state index contributed by atoms with van der Waals surface area (Å²) in [6.45, 7) is 8.66. The van der Waals surface area contributed by atoms with Crippen LogP contribution in [-0.2, 0) is 19.1 Å². The van der Waals surface area contributed by atoms with Gasteiger partial charge in [-0.3, -0.25) is 4.79 Å². The highest BCUT2D eigenvalue weighted by Gasteiger charge is 2.30. The van der Waals surface area contributed by atoms with Crippen LogP contribution in [0.25, 0.3) is 0 Å². The molecule has 1 rings (SSSR count). The molecule has 0 saturated carbocycles. The lowest BCUT2D eigenvalue weighted by Crippen LogP contribution is -2.54. The van der Waals surface area contributed by atoms with Crippen LogP contribution in [0.5, 0.6) is 0 Å². The Morgan fingerprint density at radius 3 is 2.12 bits per heavy atom. The molecule has 3 N–H and O–H groups in total. The highest BCUT2D eigenvalue weighted by atomic mass is 33.1. The molecule has 0 aliphatic heterocycles. The zero-order valence-corrected chi connectivity index (χ0v) is 20.6. The van der Waals surface area contributed by atoms with Crippen LogP contribution in [0, 0.1) is 5.92 Å². The number of amides is 2. The summed E-state index contributed by atoms with van der Waals surface area (Å²) in [6.07, 6.45) is -0.756. The topological polar surface area (TPSA) is 131 Å². The second kappa shape index (κ2) is 12.6. The number of esters is 1. The van der Waals surface area contributed by atoms with Gasteiger partial charge in [0.05, 0.1) is 12.7 Å². The number of nitrogens with one attached hydrogen (secondary N) is 2. The molecule has 2 atom stereocenters. The third kappa shape index (κ3) is 9.82. The first-order valence-corrected chi connectivity index (χ1v) is 12.2. The van der Waals surface area contributed by atoms with Crippen molar-refractivity contribution in [1.82, 2.24) is 10.6 Å². The summed E-state index contributed by atoms with van der Waals surface area (Å²) in [5.41, 5.74) is -0.573. The quantitative estimate of drug-likeness (QED) is 0.336. The third-order valence-electron chi connectivity index (χ3n) is 3.92. The number of alkyl carbamates (subject to hydrolysis) is 1. The number of ether oxygens (including phenoxy) is 2.